The van der Waals surface area contributed by atoms with E-state index >= 15 is 0 Å². The minimum absolute atomic E-state index is 0.203. The molecule has 8 heteroatoms. The second-order valence-electron chi connectivity index (χ2n) is 5.08. The lowest BCUT2D eigenvalue weighted by atomic mass is 10.1. The van der Waals surface area contributed by atoms with Gasteiger partial charge in [-0.3, -0.25) is 9.69 Å². The number of anilines is 1. The molecule has 23 heavy (non-hydrogen) atoms. The molecule has 124 valence electrons. The number of carboxylic acid groups (broad SMARTS) is 1. The first-order chi connectivity index (χ1) is 11.0. The molecule has 1 aromatic rings. The number of hydrogen-bond donors (Lipinski definition) is 3. The quantitative estimate of drug-likeness (QED) is 0.693. The molecule has 0 aliphatic carbocycles. The van der Waals surface area contributed by atoms with E-state index in [9.17, 15) is 19.5 Å². The summed E-state index contributed by atoms with van der Waals surface area (Å²) in [5.41, 5.74) is 0.946. The molecule has 1 atom stereocenters. The van der Waals surface area contributed by atoms with Gasteiger partial charge in [0.15, 0.2) is 0 Å². The molecule has 0 unspecified atom stereocenters. The Kier molecular flexibility index (Phi) is 5.86. The van der Waals surface area contributed by atoms with Crippen molar-refractivity contribution in [2.24, 2.45) is 0 Å². The normalized spacial score (nSPS) is 15.2. The van der Waals surface area contributed by atoms with Crippen molar-refractivity contribution in [1.29, 1.82) is 0 Å². The van der Waals surface area contributed by atoms with Crippen molar-refractivity contribution in [2.45, 2.75) is 12.5 Å². The van der Waals surface area contributed by atoms with Crippen molar-refractivity contribution in [3.8, 4) is 0 Å². The van der Waals surface area contributed by atoms with Gasteiger partial charge in [-0.15, -0.1) is 0 Å². The summed E-state index contributed by atoms with van der Waals surface area (Å²) in [7, 11) is 0. The third-order valence-corrected chi connectivity index (χ3v) is 4.13. The fourth-order valence-electron chi connectivity index (χ4n) is 2.27. The van der Waals surface area contributed by atoms with Crippen LogP contribution in [-0.2, 0) is 4.79 Å². The van der Waals surface area contributed by atoms with Crippen LogP contribution in [0.2, 0.25) is 0 Å². The highest BCUT2D eigenvalue weighted by Gasteiger charge is 2.23. The maximum Gasteiger partial charge on any atom is 0.326 e. The maximum absolute atomic E-state index is 12.3. The van der Waals surface area contributed by atoms with Gasteiger partial charge in [-0.25, -0.2) is 9.59 Å². The van der Waals surface area contributed by atoms with Crippen LogP contribution in [0.15, 0.2) is 24.3 Å². The third-order valence-electron chi connectivity index (χ3n) is 3.49. The molecular formula is C15H19N3O4S. The number of nitrogens with zero attached hydrogens (tertiary/aromatic N) is 1. The Balaban J connectivity index is 2.09. The molecule has 2 rings (SSSR count). The standard InChI is InChI=1S/C15H19N3O4S/c1-23-8-5-12(14(20)21)17-13(19)10-3-2-4-11(9-10)18-7-6-16-15(18)22/h2-4,9,12H,5-8H2,1H3,(H,16,22)(H,17,19)(H,20,21)/t12-/m1/s1. The zero-order chi connectivity index (χ0) is 16.8. The van der Waals surface area contributed by atoms with Crippen LogP contribution >= 0.6 is 11.8 Å². The van der Waals surface area contributed by atoms with Crippen LogP contribution in [0.1, 0.15) is 16.8 Å². The monoisotopic (exact) mass is 337 g/mol. The SMILES string of the molecule is CSCC[C@@H](NC(=O)c1cccc(N2CCNC2=O)c1)C(=O)O. The summed E-state index contributed by atoms with van der Waals surface area (Å²) in [6.07, 6.45) is 2.24. The van der Waals surface area contributed by atoms with Crippen molar-refractivity contribution in [1.82, 2.24) is 10.6 Å². The van der Waals surface area contributed by atoms with Gasteiger partial charge < -0.3 is 15.7 Å². The zero-order valence-electron chi connectivity index (χ0n) is 12.7. The summed E-state index contributed by atoms with van der Waals surface area (Å²) in [4.78, 5) is 36.7. The van der Waals surface area contributed by atoms with Crippen molar-refractivity contribution in [3.63, 3.8) is 0 Å². The number of carbonyl (C=O) groups is 3. The number of amides is 3. The molecule has 1 fully saturated rings. The van der Waals surface area contributed by atoms with E-state index in [0.717, 1.165) is 0 Å². The van der Waals surface area contributed by atoms with Gasteiger partial charge in [0, 0.05) is 24.3 Å². The summed E-state index contributed by atoms with van der Waals surface area (Å²) < 4.78 is 0. The summed E-state index contributed by atoms with van der Waals surface area (Å²) in [6, 6.07) is 5.48. The molecule has 1 aromatic carbocycles. The molecule has 0 radical (unpaired) electrons. The molecule has 3 N–H and O–H groups in total. The largest absolute Gasteiger partial charge is 0.480 e. The van der Waals surface area contributed by atoms with Gasteiger partial charge in [-0.05, 0) is 36.6 Å². The first-order valence-electron chi connectivity index (χ1n) is 7.21. The van der Waals surface area contributed by atoms with Crippen LogP contribution in [0.25, 0.3) is 0 Å². The molecular weight excluding hydrogens is 318 g/mol. The Morgan fingerprint density at radius 2 is 2.26 bits per heavy atom. The minimum Gasteiger partial charge on any atom is -0.480 e. The van der Waals surface area contributed by atoms with E-state index in [4.69, 9.17) is 0 Å². The lowest BCUT2D eigenvalue weighted by molar-refractivity contribution is -0.139. The summed E-state index contributed by atoms with van der Waals surface area (Å²) in [5.74, 6) is -0.868. The topological polar surface area (TPSA) is 98.7 Å². The van der Waals surface area contributed by atoms with E-state index in [-0.39, 0.29) is 6.03 Å². The Morgan fingerprint density at radius 1 is 1.48 bits per heavy atom. The lowest BCUT2D eigenvalue weighted by Crippen LogP contribution is -2.41. The molecule has 1 aliphatic rings. The van der Waals surface area contributed by atoms with Gasteiger partial charge in [0.1, 0.15) is 6.04 Å². The summed E-state index contributed by atoms with van der Waals surface area (Å²) in [6.45, 7) is 1.10. The molecule has 0 spiro atoms. The summed E-state index contributed by atoms with van der Waals surface area (Å²) >= 11 is 1.52. The van der Waals surface area contributed by atoms with Gasteiger partial charge in [-0.1, -0.05) is 6.07 Å². The van der Waals surface area contributed by atoms with Crippen LogP contribution in [0, 0.1) is 0 Å². The second kappa shape index (κ2) is 7.87. The average molecular weight is 337 g/mol. The number of thioether (sulfide) groups is 1. The number of carbonyl (C=O) groups excluding carboxylic acids is 2. The van der Waals surface area contributed by atoms with E-state index in [2.05, 4.69) is 10.6 Å². The van der Waals surface area contributed by atoms with Gasteiger partial charge in [0.2, 0.25) is 0 Å². The van der Waals surface area contributed by atoms with E-state index in [0.29, 0.717) is 36.5 Å². The highest BCUT2D eigenvalue weighted by Crippen LogP contribution is 2.18. The molecule has 0 saturated carbocycles. The van der Waals surface area contributed by atoms with E-state index in [1.807, 2.05) is 6.26 Å². The number of carboxylic acids is 1. The Morgan fingerprint density at radius 3 is 2.87 bits per heavy atom. The van der Waals surface area contributed by atoms with E-state index in [1.54, 1.807) is 29.2 Å². The first kappa shape index (κ1) is 17.1. The fraction of sp³-hybridized carbons (Fsp3) is 0.400. The molecule has 1 aliphatic heterocycles. The minimum atomic E-state index is -1.05. The van der Waals surface area contributed by atoms with Crippen LogP contribution in [-0.4, -0.2) is 54.2 Å². The van der Waals surface area contributed by atoms with Crippen molar-refractivity contribution >= 4 is 35.4 Å². The number of hydrogen-bond acceptors (Lipinski definition) is 4. The van der Waals surface area contributed by atoms with Crippen LogP contribution < -0.4 is 15.5 Å². The average Bonchev–Trinajstić information content (AvgIpc) is 2.97. The Hall–Kier alpha value is -2.22. The number of urea groups is 1. The molecule has 0 aromatic heterocycles. The third kappa shape index (κ3) is 4.38. The number of nitrogens with one attached hydrogen (secondary N) is 2. The highest BCUT2D eigenvalue weighted by molar-refractivity contribution is 7.98. The van der Waals surface area contributed by atoms with Gasteiger partial charge in [0.25, 0.3) is 5.91 Å². The Labute approximate surface area is 138 Å². The number of benzene rings is 1. The maximum atomic E-state index is 12.3. The predicted molar refractivity (Wildman–Crippen MR) is 89.1 cm³/mol. The molecule has 0 bridgehead atoms. The van der Waals surface area contributed by atoms with Crippen LogP contribution in [0.5, 0.6) is 0 Å². The van der Waals surface area contributed by atoms with E-state index in [1.165, 1.54) is 11.8 Å². The molecule has 1 heterocycles. The number of aliphatic carboxylic acids is 1. The highest BCUT2D eigenvalue weighted by atomic mass is 32.2. The smallest absolute Gasteiger partial charge is 0.326 e. The first-order valence-corrected chi connectivity index (χ1v) is 8.60. The number of rotatable bonds is 7. The molecule has 3 amide bonds. The second-order valence-corrected chi connectivity index (χ2v) is 6.07. The van der Waals surface area contributed by atoms with Gasteiger partial charge in [-0.2, -0.15) is 11.8 Å². The zero-order valence-corrected chi connectivity index (χ0v) is 13.6. The predicted octanol–water partition coefficient (Wildman–Crippen LogP) is 1.15. The van der Waals surface area contributed by atoms with Gasteiger partial charge in [0.05, 0.1) is 0 Å². The van der Waals surface area contributed by atoms with Crippen LogP contribution in [0.4, 0.5) is 10.5 Å². The van der Waals surface area contributed by atoms with Gasteiger partial charge >= 0.3 is 12.0 Å². The lowest BCUT2D eigenvalue weighted by Gasteiger charge is -2.17. The van der Waals surface area contributed by atoms with Crippen molar-refractivity contribution in [3.05, 3.63) is 29.8 Å². The molecule has 7 nitrogen and oxygen atoms in total. The summed E-state index contributed by atoms with van der Waals surface area (Å²) in [5, 5.41) is 14.4. The Bertz CT molecular complexity index is 608. The van der Waals surface area contributed by atoms with Crippen molar-refractivity contribution < 1.29 is 19.5 Å². The van der Waals surface area contributed by atoms with Crippen LogP contribution in [0.3, 0.4) is 0 Å². The van der Waals surface area contributed by atoms with Crippen molar-refractivity contribution in [2.75, 3.05) is 30.0 Å². The molecule has 1 saturated heterocycles. The fourth-order valence-corrected chi connectivity index (χ4v) is 2.74. The van der Waals surface area contributed by atoms with E-state index < -0.39 is 17.9 Å².